The minimum Gasteiger partial charge on any atom is -0.491 e. The van der Waals surface area contributed by atoms with E-state index in [1.165, 1.54) is 0 Å². The van der Waals surface area contributed by atoms with Gasteiger partial charge < -0.3 is 35.4 Å². The van der Waals surface area contributed by atoms with Crippen LogP contribution in [-0.4, -0.2) is 66.9 Å². The Balaban J connectivity index is 1.22. The Hall–Kier alpha value is -5.86. The summed E-state index contributed by atoms with van der Waals surface area (Å²) < 4.78 is 18.1. The Bertz CT molecular complexity index is 2200. The lowest BCUT2D eigenvalue weighted by Gasteiger charge is -2.25. The van der Waals surface area contributed by atoms with E-state index in [9.17, 15) is 14.4 Å². The van der Waals surface area contributed by atoms with E-state index in [1.807, 2.05) is 25.5 Å². The number of nitrogens with two attached hydrogens (primary N) is 2. The second kappa shape index (κ2) is 13.8. The van der Waals surface area contributed by atoms with Crippen LogP contribution in [0.5, 0.6) is 11.5 Å². The topological polar surface area (TPSA) is 199 Å². The highest BCUT2D eigenvalue weighted by molar-refractivity contribution is 6.04. The van der Waals surface area contributed by atoms with Crippen LogP contribution in [-0.2, 0) is 6.54 Å². The van der Waals surface area contributed by atoms with Gasteiger partial charge >= 0.3 is 0 Å². The van der Waals surface area contributed by atoms with Gasteiger partial charge in [0.15, 0.2) is 0 Å². The fourth-order valence-electron chi connectivity index (χ4n) is 7.22. The number of primary amides is 2. The molecule has 0 fully saturated rings. The van der Waals surface area contributed by atoms with Crippen molar-refractivity contribution in [1.29, 1.82) is 0 Å². The van der Waals surface area contributed by atoms with Gasteiger partial charge in [0.1, 0.15) is 28.2 Å². The highest BCUT2D eigenvalue weighted by atomic mass is 16.5. The molecule has 2 aliphatic rings. The van der Waals surface area contributed by atoms with Crippen LogP contribution in [0.25, 0.3) is 22.1 Å². The van der Waals surface area contributed by atoms with E-state index < -0.39 is 11.8 Å². The van der Waals surface area contributed by atoms with Crippen LogP contribution >= 0.6 is 0 Å². The zero-order valence-corrected chi connectivity index (χ0v) is 28.9. The molecule has 51 heavy (non-hydrogen) atoms. The molecule has 5 aromatic rings. The third-order valence-corrected chi connectivity index (χ3v) is 9.54. The number of benzene rings is 2. The zero-order chi connectivity index (χ0) is 35.8. The van der Waals surface area contributed by atoms with Gasteiger partial charge in [0, 0.05) is 36.8 Å². The largest absolute Gasteiger partial charge is 0.491 e. The van der Waals surface area contributed by atoms with Crippen molar-refractivity contribution >= 4 is 51.7 Å². The maximum atomic E-state index is 13.6. The van der Waals surface area contributed by atoms with Crippen molar-refractivity contribution < 1.29 is 23.9 Å². The number of nitrogens with zero attached hydrogens (tertiary/aromatic N) is 6. The van der Waals surface area contributed by atoms with Gasteiger partial charge in [-0.25, -0.2) is 9.97 Å². The van der Waals surface area contributed by atoms with Crippen LogP contribution < -0.4 is 31.6 Å². The SMILES string of the molecule is CCn1nc(C)cc1C(=O)Nc1nc2cc(C(N)=O)cc3c2n1C(C/C=C/CC1CCCOc2cc(C(N)=O)cc4nc(NC)n1c24)CCCO3. The predicted molar refractivity (Wildman–Crippen MR) is 193 cm³/mol. The summed E-state index contributed by atoms with van der Waals surface area (Å²) in [5.74, 6) is 0.677. The molecule has 0 spiro atoms. The Morgan fingerprint density at radius 2 is 1.37 bits per heavy atom. The molecular weight excluding hydrogens is 652 g/mol. The van der Waals surface area contributed by atoms with Gasteiger partial charge in [0.05, 0.1) is 29.9 Å². The Morgan fingerprint density at radius 3 is 1.88 bits per heavy atom. The number of allylic oxidation sites excluding steroid dienone is 2. The molecule has 2 aromatic carbocycles. The number of aromatic nitrogens is 6. The van der Waals surface area contributed by atoms with Crippen molar-refractivity contribution in [2.24, 2.45) is 11.5 Å². The third kappa shape index (κ3) is 6.35. The highest BCUT2D eigenvalue weighted by Crippen LogP contribution is 2.40. The van der Waals surface area contributed by atoms with Crippen molar-refractivity contribution in [3.8, 4) is 11.5 Å². The smallest absolute Gasteiger partial charge is 0.276 e. The molecule has 0 aliphatic carbocycles. The van der Waals surface area contributed by atoms with E-state index in [2.05, 4.69) is 32.5 Å². The standard InChI is InChI=1S/C36H42N10O5/c1-4-44-27(15-20(2)43-44)34(49)42-36-41-26-17-22(33(38)48)19-29-31(26)46(36)24(12-8-14-51-29)10-6-5-9-23-11-7-13-50-28-18-21(32(37)47)16-25-30(28)45(23)35(39-3)40-25/h5-6,15-19,23-24H,4,7-14H2,1-3H3,(H2,37,47)(H2,38,48)(H,39,40)(H,41,42,49)/b6-5+. The summed E-state index contributed by atoms with van der Waals surface area (Å²) >= 11 is 0. The number of anilines is 2. The molecule has 3 amide bonds. The van der Waals surface area contributed by atoms with E-state index in [0.717, 1.165) is 43.3 Å². The number of rotatable bonds is 10. The van der Waals surface area contributed by atoms with Crippen LogP contribution in [0.15, 0.2) is 42.5 Å². The molecule has 0 saturated heterocycles. The van der Waals surface area contributed by atoms with Crippen LogP contribution in [0.2, 0.25) is 0 Å². The average molecular weight is 695 g/mol. The summed E-state index contributed by atoms with van der Waals surface area (Å²) in [6.07, 6.45) is 8.96. The van der Waals surface area contributed by atoms with Crippen LogP contribution in [0.4, 0.5) is 11.9 Å². The second-order valence-electron chi connectivity index (χ2n) is 12.9. The molecule has 0 bridgehead atoms. The molecule has 5 heterocycles. The molecule has 6 N–H and O–H groups in total. The first-order chi connectivity index (χ1) is 24.7. The quantitative estimate of drug-likeness (QED) is 0.147. The number of hydrogen-bond acceptors (Lipinski definition) is 9. The number of aryl methyl sites for hydroxylation is 2. The highest BCUT2D eigenvalue weighted by Gasteiger charge is 2.28. The molecule has 2 unspecified atom stereocenters. The van der Waals surface area contributed by atoms with E-state index in [-0.39, 0.29) is 23.6 Å². The number of hydrogen-bond donors (Lipinski definition) is 4. The van der Waals surface area contributed by atoms with Crippen LogP contribution in [0.1, 0.15) is 94.4 Å². The van der Waals surface area contributed by atoms with Gasteiger partial charge in [-0.2, -0.15) is 5.10 Å². The van der Waals surface area contributed by atoms with Gasteiger partial charge in [-0.1, -0.05) is 12.2 Å². The normalized spacial score (nSPS) is 17.3. The maximum Gasteiger partial charge on any atom is 0.276 e. The second-order valence-corrected chi connectivity index (χ2v) is 12.9. The number of amides is 3. The molecule has 2 atom stereocenters. The van der Waals surface area contributed by atoms with Gasteiger partial charge in [0.2, 0.25) is 23.7 Å². The Kier molecular flexibility index (Phi) is 9.10. The first-order valence-corrected chi connectivity index (χ1v) is 17.3. The predicted octanol–water partition coefficient (Wildman–Crippen LogP) is 4.87. The summed E-state index contributed by atoms with van der Waals surface area (Å²) in [7, 11) is 1.83. The van der Waals surface area contributed by atoms with Crippen LogP contribution in [0, 0.1) is 6.92 Å². The molecule has 2 aliphatic heterocycles. The van der Waals surface area contributed by atoms with Gasteiger partial charge in [0.25, 0.3) is 5.91 Å². The van der Waals surface area contributed by atoms with Crippen LogP contribution in [0.3, 0.4) is 0 Å². The van der Waals surface area contributed by atoms with Crippen molar-refractivity contribution in [3.05, 3.63) is 65.0 Å². The van der Waals surface area contributed by atoms with E-state index in [4.69, 9.17) is 30.9 Å². The van der Waals surface area contributed by atoms with Gasteiger partial charge in [-0.05, 0) is 82.7 Å². The van der Waals surface area contributed by atoms with E-state index >= 15 is 0 Å². The lowest BCUT2D eigenvalue weighted by atomic mass is 10.0. The molecule has 7 rings (SSSR count). The minimum atomic E-state index is -0.589. The van der Waals surface area contributed by atoms with E-state index in [1.54, 1.807) is 35.0 Å². The molecule has 266 valence electrons. The number of carbonyl (C=O) groups excluding carboxylic acids is 3. The van der Waals surface area contributed by atoms with Gasteiger partial charge in [-0.3, -0.25) is 24.4 Å². The first kappa shape index (κ1) is 33.6. The average Bonchev–Trinajstić information content (AvgIpc) is 3.78. The zero-order valence-electron chi connectivity index (χ0n) is 28.9. The van der Waals surface area contributed by atoms with Crippen molar-refractivity contribution in [3.63, 3.8) is 0 Å². The number of imidazole rings is 2. The van der Waals surface area contributed by atoms with Crippen molar-refractivity contribution in [2.75, 3.05) is 30.9 Å². The molecular formula is C36H42N10O5. The number of nitrogens with one attached hydrogen (secondary N) is 2. The third-order valence-electron chi connectivity index (χ3n) is 9.54. The Morgan fingerprint density at radius 1 is 0.843 bits per heavy atom. The fraction of sp³-hybridized carbons (Fsp3) is 0.389. The molecule has 15 heteroatoms. The minimum absolute atomic E-state index is 0.0760. The van der Waals surface area contributed by atoms with Crippen molar-refractivity contribution in [2.45, 2.75) is 71.0 Å². The first-order valence-electron chi connectivity index (χ1n) is 17.3. The maximum absolute atomic E-state index is 13.6. The summed E-state index contributed by atoms with van der Waals surface area (Å²) in [6, 6.07) is 8.44. The van der Waals surface area contributed by atoms with E-state index in [0.29, 0.717) is 77.4 Å². The lowest BCUT2D eigenvalue weighted by molar-refractivity contribution is 0.0991. The van der Waals surface area contributed by atoms with Crippen molar-refractivity contribution in [1.82, 2.24) is 28.9 Å². The molecule has 15 nitrogen and oxygen atoms in total. The fourth-order valence-corrected chi connectivity index (χ4v) is 7.22. The summed E-state index contributed by atoms with van der Waals surface area (Å²) in [4.78, 5) is 47.5. The number of carbonyl (C=O) groups is 3. The van der Waals surface area contributed by atoms with Gasteiger partial charge in [-0.15, -0.1) is 0 Å². The molecule has 0 radical (unpaired) electrons. The molecule has 3 aromatic heterocycles. The summed E-state index contributed by atoms with van der Waals surface area (Å²) in [5.41, 5.74) is 15.8. The summed E-state index contributed by atoms with van der Waals surface area (Å²) in [6.45, 7) is 5.29. The summed E-state index contributed by atoms with van der Waals surface area (Å²) in [5, 5.41) is 10.7. The lowest BCUT2D eigenvalue weighted by Crippen LogP contribution is -2.22. The number of ether oxygens (including phenoxy) is 2. The Labute approximate surface area is 294 Å². The monoisotopic (exact) mass is 694 g/mol. The molecule has 0 saturated carbocycles.